The Balaban J connectivity index is 2.38. The van der Waals surface area contributed by atoms with Gasteiger partial charge in [0.2, 0.25) is 15.9 Å². The normalized spacial score (nSPS) is 12.1. The van der Waals surface area contributed by atoms with E-state index in [0.717, 1.165) is 10.6 Å². The standard InChI is InChI=1S/C19H20Cl2N2O6S/c1-11(18(24)22-16-9-12(19(25)29-3)5-7-14(16)20)23(30(4,26)27)13-6-8-17(28-2)15(21)10-13/h5-11H,1-4H3,(H,22,24)/t11-/m0/s1. The molecule has 0 bridgehead atoms. The smallest absolute Gasteiger partial charge is 0.337 e. The van der Waals surface area contributed by atoms with Gasteiger partial charge in [0.15, 0.2) is 0 Å². The van der Waals surface area contributed by atoms with Gasteiger partial charge < -0.3 is 14.8 Å². The number of amides is 1. The van der Waals surface area contributed by atoms with Gasteiger partial charge in [-0.3, -0.25) is 9.10 Å². The maximum atomic E-state index is 12.8. The fraction of sp³-hybridized carbons (Fsp3) is 0.263. The summed E-state index contributed by atoms with van der Waals surface area (Å²) in [6, 6.07) is 7.39. The number of hydrogen-bond acceptors (Lipinski definition) is 6. The number of carbonyl (C=O) groups is 2. The summed E-state index contributed by atoms with van der Waals surface area (Å²) in [7, 11) is -1.21. The van der Waals surface area contributed by atoms with Crippen molar-refractivity contribution < 1.29 is 27.5 Å². The van der Waals surface area contributed by atoms with Crippen LogP contribution in [0.4, 0.5) is 11.4 Å². The van der Waals surface area contributed by atoms with E-state index in [-0.39, 0.29) is 27.0 Å². The van der Waals surface area contributed by atoms with Crippen molar-refractivity contribution in [3.8, 4) is 5.75 Å². The Kier molecular flexibility index (Phi) is 7.57. The maximum Gasteiger partial charge on any atom is 0.337 e. The molecule has 1 atom stereocenters. The second-order valence-electron chi connectivity index (χ2n) is 6.23. The number of halogens is 2. The van der Waals surface area contributed by atoms with Gasteiger partial charge in [0, 0.05) is 0 Å². The number of anilines is 2. The molecule has 2 aromatic carbocycles. The van der Waals surface area contributed by atoms with Crippen molar-refractivity contribution in [1.29, 1.82) is 0 Å². The van der Waals surface area contributed by atoms with Crippen LogP contribution in [0.2, 0.25) is 10.0 Å². The van der Waals surface area contributed by atoms with Gasteiger partial charge in [-0.05, 0) is 43.3 Å². The first-order valence-corrected chi connectivity index (χ1v) is 11.1. The highest BCUT2D eigenvalue weighted by molar-refractivity contribution is 7.92. The van der Waals surface area contributed by atoms with Crippen molar-refractivity contribution >= 4 is 56.5 Å². The van der Waals surface area contributed by atoms with Gasteiger partial charge >= 0.3 is 5.97 Å². The summed E-state index contributed by atoms with van der Waals surface area (Å²) in [4.78, 5) is 24.6. The number of carbonyl (C=O) groups excluding carboxylic acids is 2. The Labute approximate surface area is 184 Å². The van der Waals surface area contributed by atoms with Gasteiger partial charge in [-0.25, -0.2) is 13.2 Å². The molecule has 0 aromatic heterocycles. The minimum absolute atomic E-state index is 0.137. The van der Waals surface area contributed by atoms with Gasteiger partial charge in [0.25, 0.3) is 0 Å². The number of sulfonamides is 1. The first-order valence-electron chi connectivity index (χ1n) is 8.51. The zero-order chi connectivity index (χ0) is 22.6. The molecule has 8 nitrogen and oxygen atoms in total. The fourth-order valence-electron chi connectivity index (χ4n) is 2.70. The van der Waals surface area contributed by atoms with Crippen LogP contribution in [-0.4, -0.2) is 46.8 Å². The van der Waals surface area contributed by atoms with Crippen LogP contribution >= 0.6 is 23.2 Å². The lowest BCUT2D eigenvalue weighted by atomic mass is 10.2. The molecule has 1 amide bonds. The van der Waals surface area contributed by atoms with E-state index in [0.29, 0.717) is 5.75 Å². The number of benzene rings is 2. The summed E-state index contributed by atoms with van der Waals surface area (Å²) < 4.78 is 35.5. The van der Waals surface area contributed by atoms with E-state index < -0.39 is 27.9 Å². The first-order chi connectivity index (χ1) is 14.0. The molecular weight excluding hydrogens is 455 g/mol. The zero-order valence-electron chi connectivity index (χ0n) is 16.6. The van der Waals surface area contributed by atoms with Gasteiger partial charge in [0.05, 0.1) is 47.5 Å². The Morgan fingerprint density at radius 1 is 1.07 bits per heavy atom. The highest BCUT2D eigenvalue weighted by atomic mass is 35.5. The lowest BCUT2D eigenvalue weighted by Crippen LogP contribution is -2.45. The fourth-order valence-corrected chi connectivity index (χ4v) is 4.29. The van der Waals surface area contributed by atoms with Crippen LogP contribution in [0.5, 0.6) is 5.75 Å². The first kappa shape index (κ1) is 23.8. The number of nitrogens with zero attached hydrogens (tertiary/aromatic N) is 1. The highest BCUT2D eigenvalue weighted by Gasteiger charge is 2.30. The molecule has 0 aliphatic heterocycles. The van der Waals surface area contributed by atoms with Crippen molar-refractivity contribution in [2.75, 3.05) is 30.1 Å². The monoisotopic (exact) mass is 474 g/mol. The summed E-state index contributed by atoms with van der Waals surface area (Å²) >= 11 is 12.2. The zero-order valence-corrected chi connectivity index (χ0v) is 18.9. The Hall–Kier alpha value is -2.49. The number of nitrogens with one attached hydrogen (secondary N) is 1. The van der Waals surface area contributed by atoms with E-state index >= 15 is 0 Å². The molecule has 11 heteroatoms. The molecule has 2 rings (SSSR count). The minimum Gasteiger partial charge on any atom is -0.495 e. The van der Waals surface area contributed by atoms with Crippen LogP contribution in [0, 0.1) is 0 Å². The Morgan fingerprint density at radius 2 is 1.73 bits per heavy atom. The Bertz CT molecular complexity index is 1070. The van der Waals surface area contributed by atoms with E-state index in [1.54, 1.807) is 0 Å². The molecule has 0 fully saturated rings. The SMILES string of the molecule is COC(=O)c1ccc(Cl)c(NC(=O)[C@H](C)N(c2ccc(OC)c(Cl)c2)S(C)(=O)=O)c1. The molecule has 30 heavy (non-hydrogen) atoms. The third-order valence-corrected chi connectivity index (χ3v) is 5.99. The van der Waals surface area contributed by atoms with Crippen molar-refractivity contribution in [3.63, 3.8) is 0 Å². The van der Waals surface area contributed by atoms with Gasteiger partial charge in [-0.1, -0.05) is 23.2 Å². The summed E-state index contributed by atoms with van der Waals surface area (Å²) in [5.74, 6) is -0.922. The van der Waals surface area contributed by atoms with Crippen LogP contribution < -0.4 is 14.4 Å². The maximum absolute atomic E-state index is 12.8. The molecule has 0 saturated heterocycles. The van der Waals surface area contributed by atoms with Crippen LogP contribution in [0.25, 0.3) is 0 Å². The van der Waals surface area contributed by atoms with Crippen molar-refractivity contribution in [2.24, 2.45) is 0 Å². The van der Waals surface area contributed by atoms with Crippen LogP contribution in [-0.2, 0) is 19.6 Å². The van der Waals surface area contributed by atoms with E-state index in [9.17, 15) is 18.0 Å². The number of methoxy groups -OCH3 is 2. The summed E-state index contributed by atoms with van der Waals surface area (Å²) in [6.45, 7) is 1.41. The largest absolute Gasteiger partial charge is 0.495 e. The molecule has 0 heterocycles. The summed E-state index contributed by atoms with van der Waals surface area (Å²) in [6.07, 6.45) is 0.972. The third kappa shape index (κ3) is 5.35. The molecule has 1 N–H and O–H groups in total. The third-order valence-electron chi connectivity index (χ3n) is 4.12. The lowest BCUT2D eigenvalue weighted by molar-refractivity contribution is -0.116. The van der Waals surface area contributed by atoms with E-state index in [1.807, 2.05) is 0 Å². The van der Waals surface area contributed by atoms with E-state index in [4.69, 9.17) is 27.9 Å². The van der Waals surface area contributed by atoms with Crippen LogP contribution in [0.15, 0.2) is 36.4 Å². The average molecular weight is 475 g/mol. The molecule has 0 aliphatic rings. The Morgan fingerprint density at radius 3 is 2.27 bits per heavy atom. The average Bonchev–Trinajstić information content (AvgIpc) is 2.68. The molecule has 2 aromatic rings. The van der Waals surface area contributed by atoms with Crippen LogP contribution in [0.3, 0.4) is 0 Å². The predicted molar refractivity (Wildman–Crippen MR) is 116 cm³/mol. The predicted octanol–water partition coefficient (Wildman–Crippen LogP) is 3.58. The highest BCUT2D eigenvalue weighted by Crippen LogP contribution is 2.32. The lowest BCUT2D eigenvalue weighted by Gasteiger charge is -2.28. The molecule has 0 aliphatic carbocycles. The number of rotatable bonds is 7. The summed E-state index contributed by atoms with van der Waals surface area (Å²) in [5, 5.41) is 2.90. The van der Waals surface area contributed by atoms with Crippen molar-refractivity contribution in [2.45, 2.75) is 13.0 Å². The van der Waals surface area contributed by atoms with Gasteiger partial charge in [-0.15, -0.1) is 0 Å². The molecule has 0 radical (unpaired) electrons. The second-order valence-corrected chi connectivity index (χ2v) is 8.90. The molecular formula is C19H20Cl2N2O6S. The van der Waals surface area contributed by atoms with Crippen molar-refractivity contribution in [1.82, 2.24) is 0 Å². The van der Waals surface area contributed by atoms with Gasteiger partial charge in [0.1, 0.15) is 11.8 Å². The summed E-state index contributed by atoms with van der Waals surface area (Å²) in [5.41, 5.74) is 0.491. The molecule has 162 valence electrons. The quantitative estimate of drug-likeness (QED) is 0.615. The van der Waals surface area contributed by atoms with Gasteiger partial charge in [-0.2, -0.15) is 0 Å². The van der Waals surface area contributed by atoms with Crippen LogP contribution in [0.1, 0.15) is 17.3 Å². The number of ether oxygens (including phenoxy) is 2. The number of esters is 1. The topological polar surface area (TPSA) is 102 Å². The van der Waals surface area contributed by atoms with Crippen molar-refractivity contribution in [3.05, 3.63) is 52.0 Å². The molecule has 0 spiro atoms. The number of hydrogen-bond donors (Lipinski definition) is 1. The van der Waals surface area contributed by atoms with E-state index in [2.05, 4.69) is 10.1 Å². The molecule has 0 unspecified atom stereocenters. The second kappa shape index (κ2) is 9.55. The molecule has 0 saturated carbocycles. The minimum atomic E-state index is -3.86. The van der Waals surface area contributed by atoms with E-state index in [1.165, 1.54) is 57.5 Å².